The Morgan fingerprint density at radius 1 is 0.973 bits per heavy atom. The lowest BCUT2D eigenvalue weighted by Gasteiger charge is -2.19. The van der Waals surface area contributed by atoms with Gasteiger partial charge in [0.1, 0.15) is 5.69 Å². The molecule has 3 aromatic carbocycles. The number of methoxy groups -OCH3 is 1. The van der Waals surface area contributed by atoms with Crippen molar-refractivity contribution in [3.63, 3.8) is 0 Å². The van der Waals surface area contributed by atoms with Crippen LogP contribution in [0.15, 0.2) is 94.2 Å². The number of rotatable bonds is 7. The molecular weight excluding hydrogens is 540 g/mol. The second-order valence-corrected chi connectivity index (χ2v) is 8.94. The molecule has 9 heteroatoms. The van der Waals surface area contributed by atoms with Crippen LogP contribution < -0.4 is 10.9 Å². The molecule has 186 valence electrons. The van der Waals surface area contributed by atoms with Crippen molar-refractivity contribution in [3.05, 3.63) is 111 Å². The van der Waals surface area contributed by atoms with Crippen LogP contribution in [-0.4, -0.2) is 34.6 Å². The molecule has 1 aromatic heterocycles. The van der Waals surface area contributed by atoms with Gasteiger partial charge in [0.15, 0.2) is 0 Å². The van der Waals surface area contributed by atoms with Crippen molar-refractivity contribution in [2.24, 2.45) is 0 Å². The van der Waals surface area contributed by atoms with Gasteiger partial charge in [-0.3, -0.25) is 14.2 Å². The highest BCUT2D eigenvalue weighted by Crippen LogP contribution is 2.33. The molecule has 0 fully saturated rings. The molecular formula is C28H21BrN2O6. The van der Waals surface area contributed by atoms with E-state index in [2.05, 4.69) is 21.2 Å². The Morgan fingerprint density at radius 3 is 2.32 bits per heavy atom. The number of pyridine rings is 1. The number of carboxylic acid groups (broad SMARTS) is 1. The SMILES string of the molecule is COC(=O)c1c(-c2ccccc2)c2cc(Br)ccc2c(=O)n1Cc1ccc(NC(=O)/C=C/C(=O)O)cc1. The van der Waals surface area contributed by atoms with Crippen LogP contribution in [0.3, 0.4) is 0 Å². The molecule has 1 amide bonds. The zero-order chi connectivity index (χ0) is 26.5. The van der Waals surface area contributed by atoms with Crippen LogP contribution in [0.5, 0.6) is 0 Å². The van der Waals surface area contributed by atoms with Crippen LogP contribution in [-0.2, 0) is 20.9 Å². The first-order valence-electron chi connectivity index (χ1n) is 11.1. The summed E-state index contributed by atoms with van der Waals surface area (Å²) in [6.07, 6.45) is 1.66. The van der Waals surface area contributed by atoms with Crippen LogP contribution in [0, 0.1) is 0 Å². The van der Waals surface area contributed by atoms with E-state index in [1.165, 1.54) is 11.7 Å². The van der Waals surface area contributed by atoms with Gasteiger partial charge in [-0.05, 0) is 46.8 Å². The second-order valence-electron chi connectivity index (χ2n) is 8.02. The molecule has 8 nitrogen and oxygen atoms in total. The molecule has 0 aliphatic carbocycles. The van der Waals surface area contributed by atoms with Crippen molar-refractivity contribution in [1.29, 1.82) is 0 Å². The zero-order valence-corrected chi connectivity index (χ0v) is 21.2. The molecule has 0 saturated carbocycles. The molecule has 4 rings (SSSR count). The first kappa shape index (κ1) is 25.6. The zero-order valence-electron chi connectivity index (χ0n) is 19.6. The number of nitrogens with one attached hydrogen (secondary N) is 1. The van der Waals surface area contributed by atoms with E-state index in [-0.39, 0.29) is 17.8 Å². The van der Waals surface area contributed by atoms with Crippen LogP contribution in [0.2, 0.25) is 0 Å². The van der Waals surface area contributed by atoms with Gasteiger partial charge in [0.25, 0.3) is 5.56 Å². The fourth-order valence-electron chi connectivity index (χ4n) is 3.98. The Kier molecular flexibility index (Phi) is 7.64. The molecule has 4 aromatic rings. The maximum Gasteiger partial charge on any atom is 0.355 e. The van der Waals surface area contributed by atoms with Crippen molar-refractivity contribution >= 4 is 50.2 Å². The molecule has 37 heavy (non-hydrogen) atoms. The quantitative estimate of drug-likeness (QED) is 0.247. The minimum Gasteiger partial charge on any atom is -0.478 e. The fourth-order valence-corrected chi connectivity index (χ4v) is 4.34. The van der Waals surface area contributed by atoms with Gasteiger partial charge >= 0.3 is 11.9 Å². The lowest BCUT2D eigenvalue weighted by Crippen LogP contribution is -2.28. The molecule has 0 aliphatic heterocycles. The largest absolute Gasteiger partial charge is 0.478 e. The van der Waals surface area contributed by atoms with Crippen LogP contribution >= 0.6 is 15.9 Å². The van der Waals surface area contributed by atoms with Gasteiger partial charge < -0.3 is 15.2 Å². The molecule has 0 aliphatic rings. The summed E-state index contributed by atoms with van der Waals surface area (Å²) >= 11 is 3.47. The summed E-state index contributed by atoms with van der Waals surface area (Å²) in [7, 11) is 1.27. The number of hydrogen-bond acceptors (Lipinski definition) is 5. The number of fused-ring (bicyclic) bond motifs is 1. The van der Waals surface area contributed by atoms with Crippen molar-refractivity contribution in [3.8, 4) is 11.1 Å². The van der Waals surface area contributed by atoms with Crippen molar-refractivity contribution in [1.82, 2.24) is 4.57 Å². The first-order chi connectivity index (χ1) is 17.8. The summed E-state index contributed by atoms with van der Waals surface area (Å²) in [4.78, 5) is 49.2. The van der Waals surface area contributed by atoms with E-state index in [1.54, 1.807) is 36.4 Å². The molecule has 2 N–H and O–H groups in total. The number of anilines is 1. The third-order valence-corrected chi connectivity index (χ3v) is 6.11. The molecule has 0 unspecified atom stereocenters. The van der Waals surface area contributed by atoms with E-state index in [0.717, 1.165) is 22.2 Å². The number of carbonyl (C=O) groups excluding carboxylic acids is 2. The van der Waals surface area contributed by atoms with E-state index in [9.17, 15) is 19.2 Å². The third kappa shape index (κ3) is 5.68. The number of halogens is 1. The third-order valence-electron chi connectivity index (χ3n) is 5.61. The number of nitrogens with zero attached hydrogens (tertiary/aromatic N) is 1. The van der Waals surface area contributed by atoms with Gasteiger partial charge in [-0.25, -0.2) is 9.59 Å². The summed E-state index contributed by atoms with van der Waals surface area (Å²) < 4.78 is 7.27. The molecule has 1 heterocycles. The summed E-state index contributed by atoms with van der Waals surface area (Å²) in [6, 6.07) is 21.3. The molecule has 0 saturated heterocycles. The Labute approximate surface area is 219 Å². The summed E-state index contributed by atoms with van der Waals surface area (Å²) in [5.41, 5.74) is 2.25. The van der Waals surface area contributed by atoms with Gasteiger partial charge in [0.2, 0.25) is 5.91 Å². The van der Waals surface area contributed by atoms with Gasteiger partial charge in [-0.1, -0.05) is 58.4 Å². The smallest absolute Gasteiger partial charge is 0.355 e. The lowest BCUT2D eigenvalue weighted by atomic mass is 9.96. The number of hydrogen-bond donors (Lipinski definition) is 2. The molecule has 0 bridgehead atoms. The highest BCUT2D eigenvalue weighted by molar-refractivity contribution is 9.10. The summed E-state index contributed by atoms with van der Waals surface area (Å²) in [5, 5.41) is 12.3. The van der Waals surface area contributed by atoms with E-state index in [1.807, 2.05) is 36.4 Å². The maximum atomic E-state index is 13.6. The number of benzene rings is 3. The standard InChI is InChI=1S/C28H21BrN2O6/c1-37-28(36)26-25(18-5-3-2-4-6-18)22-15-19(29)9-12-21(22)27(35)31(26)16-17-7-10-20(11-8-17)30-23(32)13-14-24(33)34/h2-15H,16H2,1H3,(H,30,32)(H,33,34)/b14-13+. The molecule has 0 spiro atoms. The van der Waals surface area contributed by atoms with Crippen molar-refractivity contribution < 1.29 is 24.2 Å². The summed E-state index contributed by atoms with van der Waals surface area (Å²) in [6.45, 7) is 0.0717. The Bertz CT molecular complexity index is 1590. The number of esters is 1. The van der Waals surface area contributed by atoms with E-state index in [4.69, 9.17) is 9.84 Å². The highest BCUT2D eigenvalue weighted by atomic mass is 79.9. The Hall–Kier alpha value is -4.50. The monoisotopic (exact) mass is 560 g/mol. The van der Waals surface area contributed by atoms with E-state index in [0.29, 0.717) is 27.6 Å². The van der Waals surface area contributed by atoms with E-state index < -0.39 is 17.8 Å². The highest BCUT2D eigenvalue weighted by Gasteiger charge is 2.24. The molecule has 0 radical (unpaired) electrons. The predicted molar refractivity (Wildman–Crippen MR) is 144 cm³/mol. The van der Waals surface area contributed by atoms with Crippen LogP contribution in [0.25, 0.3) is 21.9 Å². The number of carboxylic acids is 1. The number of ether oxygens (including phenoxy) is 1. The fraction of sp³-hybridized carbons (Fsp3) is 0.0714. The minimum absolute atomic E-state index is 0.0717. The normalized spacial score (nSPS) is 11.0. The van der Waals surface area contributed by atoms with Crippen LogP contribution in [0.1, 0.15) is 16.1 Å². The topological polar surface area (TPSA) is 115 Å². The predicted octanol–water partition coefficient (Wildman–Crippen LogP) is 4.85. The van der Waals surface area contributed by atoms with Gasteiger partial charge in [-0.15, -0.1) is 0 Å². The van der Waals surface area contributed by atoms with Gasteiger partial charge in [0, 0.05) is 33.3 Å². The number of aromatic nitrogens is 1. The lowest BCUT2D eigenvalue weighted by molar-refractivity contribution is -0.131. The second kappa shape index (κ2) is 11.0. The number of aliphatic carboxylic acids is 1. The van der Waals surface area contributed by atoms with Gasteiger partial charge in [0.05, 0.1) is 13.7 Å². The Morgan fingerprint density at radius 2 is 1.68 bits per heavy atom. The minimum atomic E-state index is -1.23. The van der Waals surface area contributed by atoms with Crippen LogP contribution in [0.4, 0.5) is 5.69 Å². The number of amides is 1. The average molecular weight is 561 g/mol. The van der Waals surface area contributed by atoms with Crippen molar-refractivity contribution in [2.75, 3.05) is 12.4 Å². The number of carbonyl (C=O) groups is 3. The summed E-state index contributed by atoms with van der Waals surface area (Å²) in [5.74, 6) is -2.46. The maximum absolute atomic E-state index is 13.6. The Balaban J connectivity index is 1.82. The van der Waals surface area contributed by atoms with Crippen molar-refractivity contribution in [2.45, 2.75) is 6.54 Å². The average Bonchev–Trinajstić information content (AvgIpc) is 2.89. The van der Waals surface area contributed by atoms with Gasteiger partial charge in [-0.2, -0.15) is 0 Å². The molecule has 0 atom stereocenters. The van der Waals surface area contributed by atoms with E-state index >= 15 is 0 Å². The first-order valence-corrected chi connectivity index (χ1v) is 11.9.